The van der Waals surface area contributed by atoms with E-state index in [1.807, 2.05) is 0 Å². The van der Waals surface area contributed by atoms with E-state index in [0.717, 1.165) is 19.1 Å². The molecule has 0 aliphatic heterocycles. The van der Waals surface area contributed by atoms with Gasteiger partial charge in [-0.05, 0) is 31.5 Å². The molecular weight excluding hydrogens is 363 g/mol. The van der Waals surface area contributed by atoms with Crippen LogP contribution >= 0.6 is 11.8 Å². The van der Waals surface area contributed by atoms with Crippen LogP contribution in [0, 0.1) is 19.7 Å². The Morgan fingerprint density at radius 1 is 1.12 bits per heavy atom. The van der Waals surface area contributed by atoms with Crippen molar-refractivity contribution in [2.75, 3.05) is 0 Å². The van der Waals surface area contributed by atoms with Crippen molar-refractivity contribution in [2.24, 2.45) is 0 Å². The number of thioether (sulfide) groups is 1. The van der Waals surface area contributed by atoms with Gasteiger partial charge in [0, 0.05) is 16.0 Å². The van der Waals surface area contributed by atoms with E-state index in [1.165, 1.54) is 6.92 Å². The maximum atomic E-state index is 14.1. The molecule has 1 heterocycles. The molecule has 1 aromatic heterocycles. The summed E-state index contributed by atoms with van der Waals surface area (Å²) in [6, 6.07) is 1.90. The second-order valence-electron chi connectivity index (χ2n) is 4.88. The minimum absolute atomic E-state index is 0.0323. The van der Waals surface area contributed by atoms with Gasteiger partial charge in [-0.1, -0.05) is 16.9 Å². The lowest BCUT2D eigenvalue weighted by atomic mass is 10.0. The summed E-state index contributed by atoms with van der Waals surface area (Å²) in [5.41, 5.74) is -3.64. The molecule has 2 nitrogen and oxygen atoms in total. The highest BCUT2D eigenvalue weighted by Crippen LogP contribution is 2.39. The molecule has 1 aromatic carbocycles. The molecule has 0 fully saturated rings. The van der Waals surface area contributed by atoms with Crippen molar-refractivity contribution < 1.29 is 35.3 Å². The SMILES string of the molecule is Cc1cc(F)c(-c2noc(C(F)(F)F)c2C)cc1SC(F)C(F)F. The highest BCUT2D eigenvalue weighted by atomic mass is 32.2. The molecule has 10 heteroatoms. The second-order valence-corrected chi connectivity index (χ2v) is 6.01. The molecule has 132 valence electrons. The van der Waals surface area contributed by atoms with E-state index in [2.05, 4.69) is 9.68 Å². The lowest BCUT2D eigenvalue weighted by molar-refractivity contribution is -0.156. The Morgan fingerprint density at radius 3 is 2.25 bits per heavy atom. The average Bonchev–Trinajstić information content (AvgIpc) is 2.83. The van der Waals surface area contributed by atoms with E-state index < -0.39 is 40.9 Å². The summed E-state index contributed by atoms with van der Waals surface area (Å²) in [4.78, 5) is -0.0323. The van der Waals surface area contributed by atoms with E-state index in [-0.39, 0.29) is 27.8 Å². The summed E-state index contributed by atoms with van der Waals surface area (Å²) >= 11 is 0.150. The van der Waals surface area contributed by atoms with Gasteiger partial charge in [0.05, 0.1) is 0 Å². The van der Waals surface area contributed by atoms with Crippen LogP contribution in [0.5, 0.6) is 0 Å². The molecule has 0 aliphatic rings. The fraction of sp³-hybridized carbons (Fsp3) is 0.357. The molecule has 1 unspecified atom stereocenters. The van der Waals surface area contributed by atoms with Crippen molar-refractivity contribution >= 4 is 11.8 Å². The molecule has 0 N–H and O–H groups in total. The number of aryl methyl sites for hydroxylation is 1. The summed E-state index contributed by atoms with van der Waals surface area (Å²) in [5.74, 6) is -2.31. The molecule has 1 atom stereocenters. The normalized spacial score (nSPS) is 13.6. The third kappa shape index (κ3) is 3.68. The Kier molecular flexibility index (Phi) is 5.17. The van der Waals surface area contributed by atoms with Crippen molar-refractivity contribution in [2.45, 2.75) is 36.8 Å². The third-order valence-corrected chi connectivity index (χ3v) is 4.26. The van der Waals surface area contributed by atoms with E-state index >= 15 is 0 Å². The maximum absolute atomic E-state index is 14.1. The third-order valence-electron chi connectivity index (χ3n) is 3.14. The van der Waals surface area contributed by atoms with Gasteiger partial charge in [-0.25, -0.2) is 17.6 Å². The van der Waals surface area contributed by atoms with E-state index in [1.54, 1.807) is 0 Å². The Balaban J connectivity index is 2.50. The summed E-state index contributed by atoms with van der Waals surface area (Å²) in [7, 11) is 0. The van der Waals surface area contributed by atoms with Crippen molar-refractivity contribution in [1.82, 2.24) is 5.16 Å². The predicted octanol–water partition coefficient (Wildman–Crippen LogP) is 5.77. The van der Waals surface area contributed by atoms with Crippen LogP contribution in [0.4, 0.5) is 30.7 Å². The van der Waals surface area contributed by atoms with Crippen molar-refractivity contribution in [3.8, 4) is 11.3 Å². The first-order valence-electron chi connectivity index (χ1n) is 6.45. The lowest BCUT2D eigenvalue weighted by Crippen LogP contribution is -2.07. The molecule has 0 saturated carbocycles. The zero-order valence-corrected chi connectivity index (χ0v) is 13.0. The number of benzene rings is 1. The molecular formula is C14H10F7NOS. The molecule has 0 saturated heterocycles. The average molecular weight is 373 g/mol. The molecule has 2 rings (SSSR count). The van der Waals surface area contributed by atoms with Crippen LogP contribution < -0.4 is 0 Å². The quantitative estimate of drug-likeness (QED) is 0.503. The monoisotopic (exact) mass is 373 g/mol. The first kappa shape index (κ1) is 18.6. The van der Waals surface area contributed by atoms with Gasteiger partial charge in [-0.15, -0.1) is 0 Å². The van der Waals surface area contributed by atoms with Crippen LogP contribution in [0.25, 0.3) is 11.3 Å². The van der Waals surface area contributed by atoms with Crippen molar-refractivity contribution in [3.05, 3.63) is 34.8 Å². The van der Waals surface area contributed by atoms with Crippen LogP contribution in [0.3, 0.4) is 0 Å². The number of rotatable bonds is 4. The number of halogens is 7. The van der Waals surface area contributed by atoms with Gasteiger partial charge in [0.15, 0.2) is 0 Å². The highest BCUT2D eigenvalue weighted by molar-refractivity contribution is 7.99. The van der Waals surface area contributed by atoms with Crippen LogP contribution in [0.15, 0.2) is 21.6 Å². The van der Waals surface area contributed by atoms with Crippen LogP contribution in [0.1, 0.15) is 16.9 Å². The molecule has 0 spiro atoms. The minimum atomic E-state index is -4.81. The number of nitrogens with zero attached hydrogens (tertiary/aromatic N) is 1. The topological polar surface area (TPSA) is 26.0 Å². The maximum Gasteiger partial charge on any atom is 0.452 e. The lowest BCUT2D eigenvalue weighted by Gasteiger charge is -2.11. The summed E-state index contributed by atoms with van der Waals surface area (Å²) in [6.45, 7) is 2.40. The van der Waals surface area contributed by atoms with Gasteiger partial charge >= 0.3 is 6.18 Å². The first-order chi connectivity index (χ1) is 11.0. The Bertz CT molecular complexity index is 741. The fourth-order valence-electron chi connectivity index (χ4n) is 1.99. The largest absolute Gasteiger partial charge is 0.452 e. The summed E-state index contributed by atoms with van der Waals surface area (Å²) < 4.78 is 94.3. The summed E-state index contributed by atoms with van der Waals surface area (Å²) in [6.07, 6.45) is -8.07. The minimum Gasteiger partial charge on any atom is -0.351 e. The number of aromatic nitrogens is 1. The first-order valence-corrected chi connectivity index (χ1v) is 7.33. The second kappa shape index (κ2) is 6.66. The number of hydrogen-bond donors (Lipinski definition) is 0. The smallest absolute Gasteiger partial charge is 0.351 e. The van der Waals surface area contributed by atoms with Gasteiger partial charge in [0.25, 0.3) is 6.43 Å². The zero-order valence-electron chi connectivity index (χ0n) is 12.2. The Morgan fingerprint density at radius 2 is 1.75 bits per heavy atom. The van der Waals surface area contributed by atoms with Gasteiger partial charge in [-0.3, -0.25) is 0 Å². The van der Waals surface area contributed by atoms with E-state index in [9.17, 15) is 30.7 Å². The summed E-state index contributed by atoms with van der Waals surface area (Å²) in [5, 5.41) is 3.21. The van der Waals surface area contributed by atoms with Crippen LogP contribution in [0.2, 0.25) is 0 Å². The Labute approximate surface area is 136 Å². The van der Waals surface area contributed by atoms with Gasteiger partial charge in [-0.2, -0.15) is 13.2 Å². The molecule has 0 amide bonds. The van der Waals surface area contributed by atoms with Gasteiger partial charge < -0.3 is 4.52 Å². The Hall–Kier alpha value is -1.71. The fourth-order valence-corrected chi connectivity index (χ4v) is 2.76. The van der Waals surface area contributed by atoms with Crippen molar-refractivity contribution in [1.29, 1.82) is 0 Å². The molecule has 0 aliphatic carbocycles. The molecule has 2 aromatic rings. The highest BCUT2D eigenvalue weighted by Gasteiger charge is 2.39. The molecule has 24 heavy (non-hydrogen) atoms. The predicted molar refractivity (Wildman–Crippen MR) is 73.1 cm³/mol. The zero-order chi connectivity index (χ0) is 18.2. The molecule has 0 radical (unpaired) electrons. The standard InChI is InChI=1S/C14H10F7NOS/c1-5-3-8(15)7(4-9(5)24-13(18)12(16)17)10-6(2)11(23-22-10)14(19,20)21/h3-4,12-13H,1-2H3. The van der Waals surface area contributed by atoms with Crippen LogP contribution in [-0.4, -0.2) is 17.1 Å². The van der Waals surface area contributed by atoms with Gasteiger partial charge in [0.2, 0.25) is 11.3 Å². The van der Waals surface area contributed by atoms with E-state index in [4.69, 9.17) is 0 Å². The molecule has 0 bridgehead atoms. The van der Waals surface area contributed by atoms with Crippen LogP contribution in [-0.2, 0) is 6.18 Å². The number of hydrogen-bond acceptors (Lipinski definition) is 3. The van der Waals surface area contributed by atoms with E-state index in [0.29, 0.717) is 0 Å². The van der Waals surface area contributed by atoms with Crippen molar-refractivity contribution in [3.63, 3.8) is 0 Å². The van der Waals surface area contributed by atoms with Gasteiger partial charge in [0.1, 0.15) is 11.5 Å². The number of alkyl halides is 6.